The highest BCUT2D eigenvalue weighted by Crippen LogP contribution is 2.28. The molecule has 0 spiro atoms. The van der Waals surface area contributed by atoms with Crippen LogP contribution in [0.2, 0.25) is 0 Å². The summed E-state index contributed by atoms with van der Waals surface area (Å²) in [5, 5.41) is 12.7. The fourth-order valence-corrected chi connectivity index (χ4v) is 3.83. The molecule has 2 N–H and O–H groups in total. The van der Waals surface area contributed by atoms with E-state index >= 15 is 0 Å². The molecule has 1 fully saturated rings. The van der Waals surface area contributed by atoms with Gasteiger partial charge in [-0.2, -0.15) is 0 Å². The van der Waals surface area contributed by atoms with E-state index in [1.165, 1.54) is 0 Å². The van der Waals surface area contributed by atoms with E-state index in [0.29, 0.717) is 25.1 Å². The average molecular weight is 394 g/mol. The Balaban J connectivity index is 1.65. The minimum absolute atomic E-state index is 0.00887. The van der Waals surface area contributed by atoms with Crippen LogP contribution in [0.25, 0.3) is 0 Å². The lowest BCUT2D eigenvalue weighted by Gasteiger charge is -2.29. The topological polar surface area (TPSA) is 86.7 Å². The average Bonchev–Trinajstić information content (AvgIpc) is 3.10. The van der Waals surface area contributed by atoms with E-state index < -0.39 is 17.3 Å². The number of benzene rings is 2. The first-order valence-electron chi connectivity index (χ1n) is 9.84. The van der Waals surface area contributed by atoms with Crippen LogP contribution in [0.15, 0.2) is 60.7 Å². The van der Waals surface area contributed by atoms with Gasteiger partial charge in [-0.05, 0) is 17.5 Å². The number of carbonyl (C=O) groups excluding carboxylic acids is 2. The van der Waals surface area contributed by atoms with Crippen molar-refractivity contribution >= 4 is 17.8 Å². The summed E-state index contributed by atoms with van der Waals surface area (Å²) in [6.45, 7) is 2.61. The van der Waals surface area contributed by atoms with Gasteiger partial charge in [-0.3, -0.25) is 14.4 Å². The van der Waals surface area contributed by atoms with Crippen LogP contribution in [0.4, 0.5) is 0 Å². The van der Waals surface area contributed by atoms with Crippen molar-refractivity contribution in [3.8, 4) is 0 Å². The summed E-state index contributed by atoms with van der Waals surface area (Å²) in [4.78, 5) is 38.8. The summed E-state index contributed by atoms with van der Waals surface area (Å²) >= 11 is 0. The fraction of sp³-hybridized carbons (Fsp3) is 0.348. The molecule has 6 heteroatoms. The number of rotatable bonds is 8. The van der Waals surface area contributed by atoms with Crippen LogP contribution in [0.3, 0.4) is 0 Å². The van der Waals surface area contributed by atoms with Gasteiger partial charge < -0.3 is 15.3 Å². The third-order valence-electron chi connectivity index (χ3n) is 5.71. The molecule has 152 valence electrons. The lowest BCUT2D eigenvalue weighted by molar-refractivity contribution is -0.144. The predicted molar refractivity (Wildman–Crippen MR) is 109 cm³/mol. The standard InChI is InChI=1S/C23H26N2O4/c1-2-23(22(28)29,19-11-7-4-8-12-19)16-24-21(27)18-13-20(26)25(15-18)14-17-9-5-3-6-10-17/h3-12,18H,2,13-16H2,1H3,(H,24,27)(H,28,29). The maximum atomic E-state index is 12.7. The first kappa shape index (κ1) is 20.6. The van der Waals surface area contributed by atoms with E-state index in [9.17, 15) is 19.5 Å². The van der Waals surface area contributed by atoms with Gasteiger partial charge in [0.1, 0.15) is 5.41 Å². The smallest absolute Gasteiger partial charge is 0.315 e. The number of carboxylic acids is 1. The Morgan fingerprint density at radius 2 is 1.72 bits per heavy atom. The van der Waals surface area contributed by atoms with E-state index in [4.69, 9.17) is 0 Å². The fourth-order valence-electron chi connectivity index (χ4n) is 3.83. The molecule has 3 rings (SSSR count). The van der Waals surface area contributed by atoms with Crippen LogP contribution in [0.5, 0.6) is 0 Å². The zero-order valence-corrected chi connectivity index (χ0v) is 16.5. The summed E-state index contributed by atoms with van der Waals surface area (Å²) < 4.78 is 0. The first-order valence-corrected chi connectivity index (χ1v) is 9.84. The first-order chi connectivity index (χ1) is 14.0. The highest BCUT2D eigenvalue weighted by Gasteiger charge is 2.40. The van der Waals surface area contributed by atoms with Gasteiger partial charge >= 0.3 is 5.97 Å². The summed E-state index contributed by atoms with van der Waals surface area (Å²) in [5.74, 6) is -1.77. The van der Waals surface area contributed by atoms with Crippen molar-refractivity contribution in [3.05, 3.63) is 71.8 Å². The van der Waals surface area contributed by atoms with Crippen molar-refractivity contribution in [1.29, 1.82) is 0 Å². The molecule has 2 atom stereocenters. The Hall–Kier alpha value is -3.15. The number of aliphatic carboxylic acids is 1. The number of hydrogen-bond donors (Lipinski definition) is 2. The van der Waals surface area contributed by atoms with Crippen LogP contribution < -0.4 is 5.32 Å². The molecule has 0 aromatic heterocycles. The maximum absolute atomic E-state index is 12.7. The Bertz CT molecular complexity index is 869. The molecule has 2 unspecified atom stereocenters. The van der Waals surface area contributed by atoms with E-state index in [1.54, 1.807) is 36.1 Å². The van der Waals surface area contributed by atoms with Crippen LogP contribution in [-0.2, 0) is 26.3 Å². The number of nitrogens with zero attached hydrogens (tertiary/aromatic N) is 1. The summed E-state index contributed by atoms with van der Waals surface area (Å²) in [6, 6.07) is 18.6. The quantitative estimate of drug-likeness (QED) is 0.721. The summed E-state index contributed by atoms with van der Waals surface area (Å²) in [7, 11) is 0. The maximum Gasteiger partial charge on any atom is 0.315 e. The SMILES string of the molecule is CCC(CNC(=O)C1CC(=O)N(Cc2ccccc2)C1)(C(=O)O)c1ccccc1. The van der Waals surface area contributed by atoms with Gasteiger partial charge in [0.05, 0.1) is 5.92 Å². The van der Waals surface area contributed by atoms with Crippen LogP contribution in [-0.4, -0.2) is 40.9 Å². The van der Waals surface area contributed by atoms with Crippen molar-refractivity contribution in [3.63, 3.8) is 0 Å². The molecule has 0 radical (unpaired) electrons. The molecule has 2 amide bonds. The Morgan fingerprint density at radius 3 is 2.31 bits per heavy atom. The molecule has 1 aliphatic rings. The molecule has 0 aliphatic carbocycles. The molecule has 0 bridgehead atoms. The van der Waals surface area contributed by atoms with Gasteiger partial charge in [0.2, 0.25) is 11.8 Å². The number of amides is 2. The minimum atomic E-state index is -1.19. The third-order valence-corrected chi connectivity index (χ3v) is 5.71. The monoisotopic (exact) mass is 394 g/mol. The molecule has 0 saturated carbocycles. The van der Waals surface area contributed by atoms with Crippen molar-refractivity contribution in [1.82, 2.24) is 10.2 Å². The normalized spacial score (nSPS) is 18.3. The minimum Gasteiger partial charge on any atom is -0.481 e. The van der Waals surface area contributed by atoms with E-state index in [2.05, 4.69) is 5.32 Å². The van der Waals surface area contributed by atoms with E-state index in [0.717, 1.165) is 5.56 Å². The van der Waals surface area contributed by atoms with Crippen molar-refractivity contribution in [2.75, 3.05) is 13.1 Å². The summed E-state index contributed by atoms with van der Waals surface area (Å²) in [6.07, 6.45) is 0.493. The van der Waals surface area contributed by atoms with E-state index in [-0.39, 0.29) is 24.8 Å². The molecule has 2 aromatic carbocycles. The van der Waals surface area contributed by atoms with E-state index in [1.807, 2.05) is 36.4 Å². The zero-order chi connectivity index (χ0) is 20.9. The summed E-state index contributed by atoms with van der Waals surface area (Å²) in [5.41, 5.74) is 0.480. The predicted octanol–water partition coefficient (Wildman–Crippen LogP) is 2.58. The molecular formula is C23H26N2O4. The molecule has 1 heterocycles. The van der Waals surface area contributed by atoms with Crippen molar-refractivity contribution in [2.45, 2.75) is 31.7 Å². The number of likely N-dealkylation sites (tertiary alicyclic amines) is 1. The molecular weight excluding hydrogens is 368 g/mol. The molecule has 29 heavy (non-hydrogen) atoms. The van der Waals surface area contributed by atoms with Gasteiger partial charge in [0.15, 0.2) is 0 Å². The van der Waals surface area contributed by atoms with Crippen LogP contribution in [0, 0.1) is 5.92 Å². The number of hydrogen-bond acceptors (Lipinski definition) is 3. The second kappa shape index (κ2) is 8.90. The Morgan fingerprint density at radius 1 is 1.10 bits per heavy atom. The number of nitrogens with one attached hydrogen (secondary N) is 1. The second-order valence-corrected chi connectivity index (χ2v) is 7.49. The van der Waals surface area contributed by atoms with Gasteiger partial charge in [-0.1, -0.05) is 67.6 Å². The highest BCUT2D eigenvalue weighted by atomic mass is 16.4. The number of carbonyl (C=O) groups is 3. The zero-order valence-electron chi connectivity index (χ0n) is 16.5. The van der Waals surface area contributed by atoms with Gasteiger partial charge in [-0.15, -0.1) is 0 Å². The highest BCUT2D eigenvalue weighted by molar-refractivity contribution is 5.90. The molecule has 1 aliphatic heterocycles. The molecule has 1 saturated heterocycles. The number of carboxylic acid groups (broad SMARTS) is 1. The Kier molecular flexibility index (Phi) is 6.32. The van der Waals surface area contributed by atoms with Gasteiger partial charge in [0.25, 0.3) is 0 Å². The molecule has 2 aromatic rings. The Labute approximate surface area is 170 Å². The lowest BCUT2D eigenvalue weighted by Crippen LogP contribution is -2.47. The van der Waals surface area contributed by atoms with Crippen molar-refractivity contribution < 1.29 is 19.5 Å². The second-order valence-electron chi connectivity index (χ2n) is 7.49. The largest absolute Gasteiger partial charge is 0.481 e. The van der Waals surface area contributed by atoms with Gasteiger partial charge in [0, 0.05) is 26.1 Å². The van der Waals surface area contributed by atoms with Crippen LogP contribution >= 0.6 is 0 Å². The lowest BCUT2D eigenvalue weighted by atomic mass is 9.78. The van der Waals surface area contributed by atoms with Crippen molar-refractivity contribution in [2.24, 2.45) is 5.92 Å². The van der Waals surface area contributed by atoms with Crippen LogP contribution in [0.1, 0.15) is 30.9 Å². The molecule has 6 nitrogen and oxygen atoms in total. The third kappa shape index (κ3) is 4.47. The van der Waals surface area contributed by atoms with Gasteiger partial charge in [-0.25, -0.2) is 0 Å².